The third kappa shape index (κ3) is 4.07. The molecule has 2 heterocycles. The minimum atomic E-state index is 0.525. The van der Waals surface area contributed by atoms with E-state index in [1.165, 1.54) is 19.3 Å². The van der Waals surface area contributed by atoms with Crippen LogP contribution in [-0.2, 0) is 0 Å². The molecule has 0 amide bonds. The van der Waals surface area contributed by atoms with Crippen molar-refractivity contribution < 1.29 is 4.74 Å². The highest BCUT2D eigenvalue weighted by Crippen LogP contribution is 2.24. The van der Waals surface area contributed by atoms with Gasteiger partial charge in [0.15, 0.2) is 5.82 Å². The predicted octanol–water partition coefficient (Wildman–Crippen LogP) is 2.23. The van der Waals surface area contributed by atoms with Gasteiger partial charge in [-0.05, 0) is 32.2 Å². The summed E-state index contributed by atoms with van der Waals surface area (Å²) in [6.45, 7) is 8.14. The molecule has 5 heteroatoms. The van der Waals surface area contributed by atoms with Crippen molar-refractivity contribution in [3.8, 4) is 5.88 Å². The molecule has 2 rings (SSSR count). The molecule has 5 nitrogen and oxygen atoms in total. The van der Waals surface area contributed by atoms with E-state index in [1.54, 1.807) is 6.20 Å². The number of hydrogen-bond acceptors (Lipinski definition) is 5. The van der Waals surface area contributed by atoms with Crippen molar-refractivity contribution in [2.75, 3.05) is 31.1 Å². The highest BCUT2D eigenvalue weighted by molar-refractivity contribution is 5.40. The topological polar surface area (TPSA) is 50.3 Å². The Bertz CT molecular complexity index is 399. The van der Waals surface area contributed by atoms with E-state index in [2.05, 4.69) is 34.0 Å². The highest BCUT2D eigenvalue weighted by atomic mass is 16.5. The Hall–Kier alpha value is -1.36. The fourth-order valence-corrected chi connectivity index (χ4v) is 2.55. The molecular formula is C15H26N4O. The van der Waals surface area contributed by atoms with Gasteiger partial charge in [0.2, 0.25) is 5.88 Å². The highest BCUT2D eigenvalue weighted by Gasteiger charge is 2.25. The third-order valence-corrected chi connectivity index (χ3v) is 3.53. The van der Waals surface area contributed by atoms with Crippen LogP contribution in [0, 0.1) is 0 Å². The Labute approximate surface area is 121 Å². The second-order valence-electron chi connectivity index (χ2n) is 5.26. The Morgan fingerprint density at radius 1 is 1.35 bits per heavy atom. The quantitative estimate of drug-likeness (QED) is 0.739. The molecule has 1 unspecified atom stereocenters. The van der Waals surface area contributed by atoms with Crippen molar-refractivity contribution in [1.82, 2.24) is 15.3 Å². The van der Waals surface area contributed by atoms with Crippen LogP contribution in [0.5, 0.6) is 5.88 Å². The van der Waals surface area contributed by atoms with Crippen molar-refractivity contribution >= 4 is 5.82 Å². The molecule has 1 saturated heterocycles. The summed E-state index contributed by atoms with van der Waals surface area (Å²) in [5.74, 6) is 1.58. The van der Waals surface area contributed by atoms with Crippen LogP contribution < -0.4 is 15.0 Å². The summed E-state index contributed by atoms with van der Waals surface area (Å²) in [4.78, 5) is 11.2. The van der Waals surface area contributed by atoms with Gasteiger partial charge in [-0.3, -0.25) is 4.98 Å². The van der Waals surface area contributed by atoms with Gasteiger partial charge in [0, 0.05) is 19.1 Å². The first-order valence-corrected chi connectivity index (χ1v) is 7.77. The van der Waals surface area contributed by atoms with Gasteiger partial charge in [-0.15, -0.1) is 0 Å². The first-order valence-electron chi connectivity index (χ1n) is 7.77. The standard InChI is InChI=1S/C15H26N4O/c1-3-7-16-10-13-6-5-8-19(13)14-11-17-12-15(18-14)20-9-4-2/h11-13,16H,3-10H2,1-2H3. The predicted molar refractivity (Wildman–Crippen MR) is 81.3 cm³/mol. The number of aromatic nitrogens is 2. The van der Waals surface area contributed by atoms with Crippen LogP contribution in [0.25, 0.3) is 0 Å². The zero-order valence-electron chi connectivity index (χ0n) is 12.6. The van der Waals surface area contributed by atoms with E-state index >= 15 is 0 Å². The van der Waals surface area contributed by atoms with Crippen LogP contribution in [-0.4, -0.2) is 42.3 Å². The average molecular weight is 278 g/mol. The van der Waals surface area contributed by atoms with Gasteiger partial charge in [-0.1, -0.05) is 13.8 Å². The Morgan fingerprint density at radius 2 is 2.25 bits per heavy atom. The zero-order chi connectivity index (χ0) is 14.2. The Morgan fingerprint density at radius 3 is 3.05 bits per heavy atom. The Kier molecular flexibility index (Phi) is 6.05. The molecular weight excluding hydrogens is 252 g/mol. The van der Waals surface area contributed by atoms with E-state index in [-0.39, 0.29) is 0 Å². The molecule has 0 saturated carbocycles. The van der Waals surface area contributed by atoms with E-state index < -0.39 is 0 Å². The molecule has 1 N–H and O–H groups in total. The van der Waals surface area contributed by atoms with Crippen molar-refractivity contribution in [1.29, 1.82) is 0 Å². The molecule has 1 aromatic rings. The van der Waals surface area contributed by atoms with Crippen molar-refractivity contribution in [2.24, 2.45) is 0 Å². The fourth-order valence-electron chi connectivity index (χ4n) is 2.55. The average Bonchev–Trinajstić information content (AvgIpc) is 2.94. The lowest BCUT2D eigenvalue weighted by atomic mass is 10.2. The van der Waals surface area contributed by atoms with Gasteiger partial charge in [-0.2, -0.15) is 4.98 Å². The number of hydrogen-bond donors (Lipinski definition) is 1. The molecule has 1 aliphatic heterocycles. The van der Waals surface area contributed by atoms with Crippen molar-refractivity contribution in [3.63, 3.8) is 0 Å². The van der Waals surface area contributed by atoms with E-state index in [0.29, 0.717) is 18.5 Å². The van der Waals surface area contributed by atoms with Gasteiger partial charge in [0.1, 0.15) is 0 Å². The lowest BCUT2D eigenvalue weighted by Crippen LogP contribution is -2.38. The minimum absolute atomic E-state index is 0.525. The molecule has 0 bridgehead atoms. The van der Waals surface area contributed by atoms with Crippen LogP contribution in [0.2, 0.25) is 0 Å². The number of ether oxygens (including phenoxy) is 1. The summed E-state index contributed by atoms with van der Waals surface area (Å²) in [6, 6.07) is 0.525. The molecule has 1 fully saturated rings. The maximum Gasteiger partial charge on any atom is 0.234 e. The van der Waals surface area contributed by atoms with Crippen molar-refractivity contribution in [3.05, 3.63) is 12.4 Å². The molecule has 1 aliphatic rings. The molecule has 112 valence electrons. The largest absolute Gasteiger partial charge is 0.477 e. The lowest BCUT2D eigenvalue weighted by molar-refractivity contribution is 0.304. The van der Waals surface area contributed by atoms with Crippen molar-refractivity contribution in [2.45, 2.75) is 45.6 Å². The molecule has 1 atom stereocenters. The summed E-state index contributed by atoms with van der Waals surface area (Å²) < 4.78 is 5.57. The number of nitrogens with one attached hydrogen (secondary N) is 1. The van der Waals surface area contributed by atoms with Crippen LogP contribution in [0.1, 0.15) is 39.5 Å². The number of rotatable bonds is 8. The van der Waals surface area contributed by atoms with E-state index in [0.717, 1.165) is 31.9 Å². The van der Waals surface area contributed by atoms with E-state index in [1.807, 2.05) is 6.20 Å². The van der Waals surface area contributed by atoms with E-state index in [9.17, 15) is 0 Å². The summed E-state index contributed by atoms with van der Waals surface area (Å²) in [5, 5.41) is 3.50. The summed E-state index contributed by atoms with van der Waals surface area (Å²) in [6.07, 6.45) is 8.14. The second kappa shape index (κ2) is 8.04. The molecule has 0 spiro atoms. The number of nitrogens with zero attached hydrogens (tertiary/aromatic N) is 3. The molecule has 1 aromatic heterocycles. The molecule has 0 aromatic carbocycles. The molecule has 20 heavy (non-hydrogen) atoms. The molecule has 0 radical (unpaired) electrons. The zero-order valence-corrected chi connectivity index (χ0v) is 12.6. The monoisotopic (exact) mass is 278 g/mol. The van der Waals surface area contributed by atoms with Crippen LogP contribution in [0.15, 0.2) is 12.4 Å². The minimum Gasteiger partial charge on any atom is -0.477 e. The van der Waals surface area contributed by atoms with Gasteiger partial charge in [-0.25, -0.2) is 0 Å². The van der Waals surface area contributed by atoms with Crippen LogP contribution in [0.3, 0.4) is 0 Å². The van der Waals surface area contributed by atoms with Crippen LogP contribution >= 0.6 is 0 Å². The summed E-state index contributed by atoms with van der Waals surface area (Å²) in [7, 11) is 0. The SMILES string of the molecule is CCCNCC1CCCN1c1cncc(OCCC)n1. The van der Waals surface area contributed by atoms with Gasteiger partial charge < -0.3 is 15.0 Å². The summed E-state index contributed by atoms with van der Waals surface area (Å²) >= 11 is 0. The maximum absolute atomic E-state index is 5.57. The van der Waals surface area contributed by atoms with E-state index in [4.69, 9.17) is 4.74 Å². The van der Waals surface area contributed by atoms with Crippen LogP contribution in [0.4, 0.5) is 5.82 Å². The number of anilines is 1. The first-order chi connectivity index (χ1) is 9.85. The normalized spacial score (nSPS) is 18.5. The smallest absolute Gasteiger partial charge is 0.234 e. The first kappa shape index (κ1) is 15.0. The summed E-state index contributed by atoms with van der Waals surface area (Å²) in [5.41, 5.74) is 0. The third-order valence-electron chi connectivity index (χ3n) is 3.53. The Balaban J connectivity index is 1.97. The van der Waals surface area contributed by atoms with Gasteiger partial charge in [0.05, 0.1) is 19.0 Å². The second-order valence-corrected chi connectivity index (χ2v) is 5.26. The van der Waals surface area contributed by atoms with Gasteiger partial charge in [0.25, 0.3) is 0 Å². The molecule has 0 aliphatic carbocycles. The van der Waals surface area contributed by atoms with Gasteiger partial charge >= 0.3 is 0 Å². The lowest BCUT2D eigenvalue weighted by Gasteiger charge is -2.25. The fraction of sp³-hybridized carbons (Fsp3) is 0.733. The maximum atomic E-state index is 5.57.